The Morgan fingerprint density at radius 1 is 1.20 bits per heavy atom. The molecule has 0 bridgehead atoms. The molecular formula is C13H28N2. The maximum atomic E-state index is 6.19. The van der Waals surface area contributed by atoms with Gasteiger partial charge in [-0.1, -0.05) is 26.7 Å². The fraction of sp³-hybridized carbons (Fsp3) is 1.00. The molecule has 0 aromatic heterocycles. The summed E-state index contributed by atoms with van der Waals surface area (Å²) >= 11 is 0. The highest BCUT2D eigenvalue weighted by Gasteiger charge is 2.29. The van der Waals surface area contributed by atoms with Gasteiger partial charge >= 0.3 is 0 Å². The summed E-state index contributed by atoms with van der Waals surface area (Å²) in [7, 11) is 4.38. The number of nitrogens with zero attached hydrogens (tertiary/aromatic N) is 1. The Hall–Kier alpha value is -0.0800. The van der Waals surface area contributed by atoms with Crippen LogP contribution in [0.4, 0.5) is 0 Å². The fourth-order valence-corrected chi connectivity index (χ4v) is 2.99. The first kappa shape index (κ1) is 13.0. The van der Waals surface area contributed by atoms with Crippen LogP contribution in [0.2, 0.25) is 0 Å². The molecule has 1 aliphatic carbocycles. The summed E-state index contributed by atoms with van der Waals surface area (Å²) in [5.41, 5.74) is 6.19. The molecule has 0 spiro atoms. The van der Waals surface area contributed by atoms with Gasteiger partial charge in [-0.2, -0.15) is 0 Å². The molecule has 2 N–H and O–H groups in total. The van der Waals surface area contributed by atoms with Crippen molar-refractivity contribution in [2.24, 2.45) is 17.6 Å². The van der Waals surface area contributed by atoms with Crippen molar-refractivity contribution in [3.63, 3.8) is 0 Å². The second kappa shape index (κ2) is 5.86. The minimum absolute atomic E-state index is 0.411. The third-order valence-electron chi connectivity index (χ3n) is 4.02. The smallest absolute Gasteiger partial charge is 0.0107 e. The van der Waals surface area contributed by atoms with E-state index in [9.17, 15) is 0 Å². The summed E-state index contributed by atoms with van der Waals surface area (Å²) in [6, 6.07) is 1.11. The van der Waals surface area contributed by atoms with Gasteiger partial charge in [0, 0.05) is 12.1 Å². The van der Waals surface area contributed by atoms with Gasteiger partial charge < -0.3 is 10.6 Å². The summed E-state index contributed by atoms with van der Waals surface area (Å²) in [6.45, 7) is 4.68. The number of hydrogen-bond donors (Lipinski definition) is 1. The van der Waals surface area contributed by atoms with Crippen LogP contribution in [0.5, 0.6) is 0 Å². The van der Waals surface area contributed by atoms with Crippen LogP contribution >= 0.6 is 0 Å². The van der Waals surface area contributed by atoms with Crippen LogP contribution < -0.4 is 5.73 Å². The molecule has 90 valence electrons. The van der Waals surface area contributed by atoms with E-state index in [0.717, 1.165) is 11.8 Å². The Morgan fingerprint density at radius 2 is 1.87 bits per heavy atom. The summed E-state index contributed by atoms with van der Waals surface area (Å²) in [5.74, 6) is 1.70. The second-order valence-electron chi connectivity index (χ2n) is 5.61. The number of rotatable bonds is 3. The fourth-order valence-electron chi connectivity index (χ4n) is 2.99. The molecule has 0 heterocycles. The van der Waals surface area contributed by atoms with Gasteiger partial charge in [-0.25, -0.2) is 0 Å². The third kappa shape index (κ3) is 3.76. The number of hydrogen-bond acceptors (Lipinski definition) is 2. The lowest BCUT2D eigenvalue weighted by Gasteiger charge is -2.27. The molecule has 4 atom stereocenters. The largest absolute Gasteiger partial charge is 0.328 e. The molecular weight excluding hydrogens is 184 g/mol. The van der Waals surface area contributed by atoms with Gasteiger partial charge in [-0.3, -0.25) is 0 Å². The molecule has 1 aliphatic rings. The monoisotopic (exact) mass is 212 g/mol. The molecule has 1 rings (SSSR count). The Morgan fingerprint density at radius 3 is 2.40 bits per heavy atom. The maximum absolute atomic E-state index is 6.19. The summed E-state index contributed by atoms with van der Waals surface area (Å²) in [6.07, 6.45) is 6.42. The van der Waals surface area contributed by atoms with Gasteiger partial charge in [0.25, 0.3) is 0 Å². The highest BCUT2D eigenvalue weighted by Crippen LogP contribution is 2.32. The van der Waals surface area contributed by atoms with Gasteiger partial charge in [-0.15, -0.1) is 0 Å². The zero-order valence-electron chi connectivity index (χ0n) is 10.9. The van der Waals surface area contributed by atoms with E-state index in [4.69, 9.17) is 5.73 Å². The SMILES string of the molecule is CCCC1CC(N(C)C)CC(N)CC1C. The first-order valence-electron chi connectivity index (χ1n) is 6.46. The quantitative estimate of drug-likeness (QED) is 0.728. The van der Waals surface area contributed by atoms with E-state index in [-0.39, 0.29) is 0 Å². The van der Waals surface area contributed by atoms with Crippen LogP contribution in [0, 0.1) is 11.8 Å². The van der Waals surface area contributed by atoms with Gasteiger partial charge in [0.2, 0.25) is 0 Å². The lowest BCUT2D eigenvalue weighted by atomic mass is 9.85. The van der Waals surface area contributed by atoms with Crippen LogP contribution in [0.1, 0.15) is 46.0 Å². The minimum atomic E-state index is 0.411. The summed E-state index contributed by atoms with van der Waals surface area (Å²) in [5, 5.41) is 0. The van der Waals surface area contributed by atoms with Crippen LogP contribution in [0.25, 0.3) is 0 Å². The molecule has 0 aromatic rings. The van der Waals surface area contributed by atoms with Crippen molar-refractivity contribution in [2.45, 2.75) is 58.0 Å². The van der Waals surface area contributed by atoms with Crippen molar-refractivity contribution in [3.05, 3.63) is 0 Å². The molecule has 0 radical (unpaired) electrons. The van der Waals surface area contributed by atoms with Crippen molar-refractivity contribution in [1.29, 1.82) is 0 Å². The normalized spacial score (nSPS) is 38.0. The molecule has 0 aliphatic heterocycles. The molecule has 2 nitrogen and oxygen atoms in total. The van der Waals surface area contributed by atoms with Crippen molar-refractivity contribution >= 4 is 0 Å². The van der Waals surface area contributed by atoms with Gasteiger partial charge in [0.1, 0.15) is 0 Å². The highest BCUT2D eigenvalue weighted by atomic mass is 15.1. The molecule has 2 heteroatoms. The van der Waals surface area contributed by atoms with Gasteiger partial charge in [-0.05, 0) is 45.2 Å². The van der Waals surface area contributed by atoms with Crippen molar-refractivity contribution in [3.8, 4) is 0 Å². The lowest BCUT2D eigenvalue weighted by Crippen LogP contribution is -2.34. The highest BCUT2D eigenvalue weighted by molar-refractivity contribution is 4.85. The van der Waals surface area contributed by atoms with Crippen LogP contribution in [0.15, 0.2) is 0 Å². The van der Waals surface area contributed by atoms with E-state index in [0.29, 0.717) is 12.1 Å². The third-order valence-corrected chi connectivity index (χ3v) is 4.02. The average molecular weight is 212 g/mol. The van der Waals surface area contributed by atoms with Crippen LogP contribution in [-0.4, -0.2) is 31.1 Å². The first-order valence-corrected chi connectivity index (χ1v) is 6.46. The molecule has 0 aromatic carbocycles. The Kier molecular flexibility index (Phi) is 5.07. The summed E-state index contributed by atoms with van der Waals surface area (Å²) in [4.78, 5) is 2.36. The lowest BCUT2D eigenvalue weighted by molar-refractivity contribution is 0.219. The van der Waals surface area contributed by atoms with E-state index in [1.165, 1.54) is 32.1 Å². The van der Waals surface area contributed by atoms with E-state index < -0.39 is 0 Å². The average Bonchev–Trinajstić information content (AvgIpc) is 2.27. The second-order valence-corrected chi connectivity index (χ2v) is 5.61. The molecule has 0 amide bonds. The first-order chi connectivity index (χ1) is 7.04. The van der Waals surface area contributed by atoms with Crippen molar-refractivity contribution < 1.29 is 0 Å². The van der Waals surface area contributed by atoms with E-state index in [2.05, 4.69) is 32.8 Å². The Bertz CT molecular complexity index is 179. The predicted octanol–water partition coefficient (Wildman–Crippen LogP) is 2.48. The van der Waals surface area contributed by atoms with E-state index >= 15 is 0 Å². The van der Waals surface area contributed by atoms with Crippen molar-refractivity contribution in [1.82, 2.24) is 4.90 Å². The minimum Gasteiger partial charge on any atom is -0.328 e. The maximum Gasteiger partial charge on any atom is 0.0107 e. The zero-order chi connectivity index (χ0) is 11.4. The Balaban J connectivity index is 2.63. The molecule has 15 heavy (non-hydrogen) atoms. The standard InChI is InChI=1S/C13H28N2/c1-5-6-11-8-13(15(3)4)9-12(14)7-10(11)2/h10-13H,5-9,14H2,1-4H3. The predicted molar refractivity (Wildman–Crippen MR) is 66.9 cm³/mol. The molecule has 1 fully saturated rings. The Labute approximate surface area is 95.2 Å². The topological polar surface area (TPSA) is 29.3 Å². The summed E-state index contributed by atoms with van der Waals surface area (Å²) < 4.78 is 0. The van der Waals surface area contributed by atoms with Crippen LogP contribution in [0.3, 0.4) is 0 Å². The molecule has 0 saturated heterocycles. The van der Waals surface area contributed by atoms with E-state index in [1.807, 2.05) is 0 Å². The van der Waals surface area contributed by atoms with Gasteiger partial charge in [0.15, 0.2) is 0 Å². The molecule has 1 saturated carbocycles. The molecule has 4 unspecified atom stereocenters. The van der Waals surface area contributed by atoms with Crippen molar-refractivity contribution in [2.75, 3.05) is 14.1 Å². The van der Waals surface area contributed by atoms with Gasteiger partial charge in [0.05, 0.1) is 0 Å². The number of nitrogens with two attached hydrogens (primary N) is 1. The van der Waals surface area contributed by atoms with E-state index in [1.54, 1.807) is 0 Å². The van der Waals surface area contributed by atoms with Crippen LogP contribution in [-0.2, 0) is 0 Å². The zero-order valence-corrected chi connectivity index (χ0v) is 10.9.